The maximum absolute atomic E-state index is 13.0. The van der Waals surface area contributed by atoms with Crippen LogP contribution in [-0.4, -0.2) is 50.4 Å². The molecule has 4 rings (SSSR count). The molecule has 0 bridgehead atoms. The largest absolute Gasteiger partial charge is 0.445 e. The van der Waals surface area contributed by atoms with Crippen LogP contribution < -0.4 is 5.73 Å². The molecule has 0 spiro atoms. The zero-order valence-corrected chi connectivity index (χ0v) is 17.6. The van der Waals surface area contributed by atoms with Gasteiger partial charge in [0.05, 0.1) is 11.6 Å². The molecule has 1 unspecified atom stereocenters. The fourth-order valence-electron chi connectivity index (χ4n) is 3.98. The molecular formula is C23H25N5O3. The van der Waals surface area contributed by atoms with Crippen LogP contribution in [0.25, 0.3) is 10.9 Å². The zero-order chi connectivity index (χ0) is 22.0. The second kappa shape index (κ2) is 8.59. The first kappa shape index (κ1) is 20.6. The average molecular weight is 419 g/mol. The van der Waals surface area contributed by atoms with Crippen molar-refractivity contribution in [2.45, 2.75) is 39.1 Å². The van der Waals surface area contributed by atoms with Crippen LogP contribution in [0.2, 0.25) is 0 Å². The van der Waals surface area contributed by atoms with Crippen molar-refractivity contribution >= 4 is 28.7 Å². The van der Waals surface area contributed by atoms with Gasteiger partial charge >= 0.3 is 6.09 Å². The SMILES string of the molecule is CC1CN(Cc2ccc3c(N)ncnc3c2)C(=O)[C@H](C)N1C(=O)OCc1ccccc1. The lowest BCUT2D eigenvalue weighted by Crippen LogP contribution is -2.61. The van der Waals surface area contributed by atoms with E-state index in [2.05, 4.69) is 9.97 Å². The van der Waals surface area contributed by atoms with Gasteiger partial charge in [0.1, 0.15) is 24.8 Å². The molecule has 8 nitrogen and oxygen atoms in total. The van der Waals surface area contributed by atoms with Crippen molar-refractivity contribution in [1.29, 1.82) is 0 Å². The molecule has 0 saturated carbocycles. The van der Waals surface area contributed by atoms with Gasteiger partial charge in [-0.2, -0.15) is 0 Å². The van der Waals surface area contributed by atoms with Gasteiger partial charge in [0.15, 0.2) is 0 Å². The number of hydrogen-bond acceptors (Lipinski definition) is 6. The molecule has 2 amide bonds. The van der Waals surface area contributed by atoms with Crippen LogP contribution in [0.1, 0.15) is 25.0 Å². The van der Waals surface area contributed by atoms with Crippen LogP contribution in [0.5, 0.6) is 0 Å². The van der Waals surface area contributed by atoms with Crippen LogP contribution in [0, 0.1) is 0 Å². The molecule has 2 heterocycles. The topological polar surface area (TPSA) is 102 Å². The normalized spacial score (nSPS) is 19.0. The Bertz CT molecular complexity index is 1100. The molecule has 2 N–H and O–H groups in total. The summed E-state index contributed by atoms with van der Waals surface area (Å²) in [6, 6.07) is 14.4. The number of aromatic nitrogens is 2. The highest BCUT2D eigenvalue weighted by atomic mass is 16.6. The molecule has 1 fully saturated rings. The molecule has 2 atom stereocenters. The Labute approximate surface area is 180 Å². The van der Waals surface area contributed by atoms with Crippen LogP contribution in [0.15, 0.2) is 54.9 Å². The number of nitrogens with zero attached hydrogens (tertiary/aromatic N) is 4. The fraction of sp³-hybridized carbons (Fsp3) is 0.304. The van der Waals surface area contributed by atoms with Gasteiger partial charge in [-0.25, -0.2) is 14.8 Å². The first-order valence-electron chi connectivity index (χ1n) is 10.2. The second-order valence-electron chi connectivity index (χ2n) is 7.80. The van der Waals surface area contributed by atoms with Gasteiger partial charge in [-0.15, -0.1) is 0 Å². The number of carbonyl (C=O) groups is 2. The number of nitrogens with two attached hydrogens (primary N) is 1. The average Bonchev–Trinajstić information content (AvgIpc) is 2.77. The standard InChI is InChI=1S/C23H25N5O3/c1-15-11-27(12-18-8-9-19-20(10-18)25-14-26-21(19)24)22(29)16(2)28(15)23(30)31-13-17-6-4-3-5-7-17/h3-10,14-16H,11-13H2,1-2H3,(H2,24,25,26)/t15?,16-/m0/s1. The van der Waals surface area contributed by atoms with Crippen molar-refractivity contribution in [3.05, 3.63) is 66.0 Å². The minimum absolute atomic E-state index is 0.114. The monoisotopic (exact) mass is 419 g/mol. The zero-order valence-electron chi connectivity index (χ0n) is 17.6. The van der Waals surface area contributed by atoms with Gasteiger partial charge in [-0.1, -0.05) is 36.4 Å². The van der Waals surface area contributed by atoms with Gasteiger partial charge in [-0.3, -0.25) is 9.69 Å². The number of benzene rings is 2. The summed E-state index contributed by atoms with van der Waals surface area (Å²) in [6.45, 7) is 4.69. The van der Waals surface area contributed by atoms with Crippen LogP contribution in [0.3, 0.4) is 0 Å². The lowest BCUT2D eigenvalue weighted by molar-refractivity contribution is -0.143. The summed E-state index contributed by atoms with van der Waals surface area (Å²) in [6.07, 6.45) is 0.950. The highest BCUT2D eigenvalue weighted by molar-refractivity contribution is 5.89. The summed E-state index contributed by atoms with van der Waals surface area (Å²) >= 11 is 0. The quantitative estimate of drug-likeness (QED) is 0.698. The Morgan fingerprint density at radius 2 is 1.90 bits per heavy atom. The van der Waals surface area contributed by atoms with Gasteiger partial charge in [0.25, 0.3) is 0 Å². The molecule has 3 aromatic rings. The van der Waals surface area contributed by atoms with E-state index in [0.717, 1.165) is 22.0 Å². The minimum atomic E-state index is -0.606. The number of fused-ring (bicyclic) bond motifs is 1. The number of piperazine rings is 1. The van der Waals surface area contributed by atoms with E-state index in [1.54, 1.807) is 11.8 Å². The maximum atomic E-state index is 13.0. The fourth-order valence-corrected chi connectivity index (χ4v) is 3.98. The van der Waals surface area contributed by atoms with Crippen LogP contribution in [0.4, 0.5) is 10.6 Å². The van der Waals surface area contributed by atoms with E-state index in [0.29, 0.717) is 18.9 Å². The molecule has 0 radical (unpaired) electrons. The summed E-state index contributed by atoms with van der Waals surface area (Å²) in [5.41, 5.74) is 8.47. The molecule has 0 aliphatic carbocycles. The van der Waals surface area contributed by atoms with Gasteiger partial charge in [0.2, 0.25) is 5.91 Å². The molecule has 8 heteroatoms. The summed E-state index contributed by atoms with van der Waals surface area (Å²) < 4.78 is 5.46. The molecule has 2 aromatic carbocycles. The number of hydrogen-bond donors (Lipinski definition) is 1. The minimum Gasteiger partial charge on any atom is -0.445 e. The Morgan fingerprint density at radius 3 is 2.68 bits per heavy atom. The van der Waals surface area contributed by atoms with E-state index in [1.807, 2.05) is 55.5 Å². The molecule has 1 aliphatic rings. The Morgan fingerprint density at radius 1 is 1.13 bits per heavy atom. The van der Waals surface area contributed by atoms with E-state index >= 15 is 0 Å². The Balaban J connectivity index is 1.43. The van der Waals surface area contributed by atoms with Crippen LogP contribution >= 0.6 is 0 Å². The molecule has 1 aromatic heterocycles. The lowest BCUT2D eigenvalue weighted by Gasteiger charge is -2.43. The van der Waals surface area contributed by atoms with Gasteiger partial charge in [-0.05, 0) is 37.1 Å². The molecule has 1 saturated heterocycles. The maximum Gasteiger partial charge on any atom is 0.411 e. The molecular weight excluding hydrogens is 394 g/mol. The highest BCUT2D eigenvalue weighted by Gasteiger charge is 2.39. The van der Waals surface area contributed by atoms with E-state index in [-0.39, 0.29) is 18.6 Å². The van der Waals surface area contributed by atoms with Crippen molar-refractivity contribution in [2.24, 2.45) is 0 Å². The lowest BCUT2D eigenvalue weighted by atomic mass is 10.1. The smallest absolute Gasteiger partial charge is 0.411 e. The highest BCUT2D eigenvalue weighted by Crippen LogP contribution is 2.23. The van der Waals surface area contributed by atoms with Crippen molar-refractivity contribution in [3.8, 4) is 0 Å². The Kier molecular flexibility index (Phi) is 5.70. The van der Waals surface area contributed by atoms with E-state index in [9.17, 15) is 9.59 Å². The van der Waals surface area contributed by atoms with Crippen molar-refractivity contribution in [1.82, 2.24) is 19.8 Å². The van der Waals surface area contributed by atoms with Crippen molar-refractivity contribution in [2.75, 3.05) is 12.3 Å². The number of anilines is 1. The number of nitrogen functional groups attached to an aromatic ring is 1. The van der Waals surface area contributed by atoms with Crippen molar-refractivity contribution in [3.63, 3.8) is 0 Å². The summed E-state index contributed by atoms with van der Waals surface area (Å²) in [7, 11) is 0. The Hall–Kier alpha value is -3.68. The van der Waals surface area contributed by atoms with Gasteiger partial charge < -0.3 is 15.4 Å². The second-order valence-corrected chi connectivity index (χ2v) is 7.80. The van der Waals surface area contributed by atoms with Gasteiger partial charge in [0, 0.05) is 18.5 Å². The predicted octanol–water partition coefficient (Wildman–Crippen LogP) is 2.97. The third kappa shape index (κ3) is 4.28. The molecule has 1 aliphatic heterocycles. The summed E-state index contributed by atoms with van der Waals surface area (Å²) in [5.74, 6) is 0.314. The predicted molar refractivity (Wildman–Crippen MR) is 117 cm³/mol. The third-order valence-electron chi connectivity index (χ3n) is 5.57. The van der Waals surface area contributed by atoms with E-state index in [1.165, 1.54) is 11.2 Å². The number of ether oxygens (including phenoxy) is 1. The molecule has 31 heavy (non-hydrogen) atoms. The van der Waals surface area contributed by atoms with Crippen molar-refractivity contribution < 1.29 is 14.3 Å². The third-order valence-corrected chi connectivity index (χ3v) is 5.57. The first-order valence-corrected chi connectivity index (χ1v) is 10.2. The van der Waals surface area contributed by atoms with Crippen LogP contribution in [-0.2, 0) is 22.7 Å². The number of amides is 2. The summed E-state index contributed by atoms with van der Waals surface area (Å²) in [5, 5.41) is 0.783. The molecule has 160 valence electrons. The van der Waals surface area contributed by atoms with E-state index < -0.39 is 12.1 Å². The summed E-state index contributed by atoms with van der Waals surface area (Å²) in [4.78, 5) is 37.2. The number of carbonyl (C=O) groups excluding carboxylic acids is 2. The first-order chi connectivity index (χ1) is 14.9. The van der Waals surface area contributed by atoms with E-state index in [4.69, 9.17) is 10.5 Å². The number of rotatable bonds is 4.